The third kappa shape index (κ3) is 4.48. The van der Waals surface area contributed by atoms with Crippen LogP contribution in [0.1, 0.15) is 47.0 Å². The van der Waals surface area contributed by atoms with Crippen molar-refractivity contribution in [1.82, 2.24) is 5.32 Å². The van der Waals surface area contributed by atoms with Gasteiger partial charge in [0.05, 0.1) is 19.3 Å². The fourth-order valence-electron chi connectivity index (χ4n) is 2.57. The molecule has 0 bridgehead atoms. The van der Waals surface area contributed by atoms with E-state index in [0.29, 0.717) is 5.41 Å². The Bertz CT molecular complexity index is 335. The number of terminal acetylenes is 1. The first-order chi connectivity index (χ1) is 8.47. The minimum absolute atomic E-state index is 0.126. The molecule has 1 atom stereocenters. The van der Waals surface area contributed by atoms with Crippen molar-refractivity contribution in [2.24, 2.45) is 5.41 Å². The van der Waals surface area contributed by atoms with Crippen LogP contribution in [0.3, 0.4) is 0 Å². The van der Waals surface area contributed by atoms with Gasteiger partial charge in [-0.05, 0) is 44.1 Å². The summed E-state index contributed by atoms with van der Waals surface area (Å²) >= 11 is 0. The SMILES string of the molecule is C#CC(C)NCCOCC1=C(C)CCCC1(C)C. The molecule has 0 aliphatic heterocycles. The van der Waals surface area contributed by atoms with Gasteiger partial charge in [-0.2, -0.15) is 0 Å². The Morgan fingerprint density at radius 1 is 1.50 bits per heavy atom. The summed E-state index contributed by atoms with van der Waals surface area (Å²) in [5.74, 6) is 2.65. The number of hydrogen-bond donors (Lipinski definition) is 1. The first-order valence-corrected chi connectivity index (χ1v) is 6.93. The second-order valence-electron chi connectivity index (χ2n) is 5.89. The molecule has 0 heterocycles. The molecule has 0 radical (unpaired) electrons. The highest BCUT2D eigenvalue weighted by atomic mass is 16.5. The Labute approximate surface area is 112 Å². The van der Waals surface area contributed by atoms with E-state index in [-0.39, 0.29) is 6.04 Å². The molecular formula is C16H27NO. The topological polar surface area (TPSA) is 21.3 Å². The maximum absolute atomic E-state index is 5.79. The molecule has 0 amide bonds. The zero-order valence-corrected chi connectivity index (χ0v) is 12.3. The summed E-state index contributed by atoms with van der Waals surface area (Å²) < 4.78 is 5.79. The average Bonchev–Trinajstić information content (AvgIpc) is 2.31. The van der Waals surface area contributed by atoms with Gasteiger partial charge in [-0.15, -0.1) is 6.42 Å². The molecule has 0 saturated heterocycles. The summed E-state index contributed by atoms with van der Waals surface area (Å²) in [6.07, 6.45) is 9.11. The molecule has 1 N–H and O–H groups in total. The predicted molar refractivity (Wildman–Crippen MR) is 77.4 cm³/mol. The van der Waals surface area contributed by atoms with Crippen molar-refractivity contribution in [2.45, 2.75) is 53.0 Å². The number of allylic oxidation sites excluding steroid dienone is 1. The number of hydrogen-bond acceptors (Lipinski definition) is 2. The smallest absolute Gasteiger partial charge is 0.0685 e. The van der Waals surface area contributed by atoms with E-state index in [9.17, 15) is 0 Å². The van der Waals surface area contributed by atoms with Gasteiger partial charge in [0.25, 0.3) is 0 Å². The summed E-state index contributed by atoms with van der Waals surface area (Å²) in [6, 6.07) is 0.126. The molecule has 2 nitrogen and oxygen atoms in total. The average molecular weight is 249 g/mol. The van der Waals surface area contributed by atoms with Gasteiger partial charge in [0, 0.05) is 6.54 Å². The molecule has 1 aliphatic carbocycles. The fraction of sp³-hybridized carbons (Fsp3) is 0.750. The van der Waals surface area contributed by atoms with Crippen molar-refractivity contribution in [3.05, 3.63) is 11.1 Å². The van der Waals surface area contributed by atoms with E-state index in [2.05, 4.69) is 32.0 Å². The lowest BCUT2D eigenvalue weighted by atomic mass is 9.73. The van der Waals surface area contributed by atoms with E-state index in [1.54, 1.807) is 0 Å². The van der Waals surface area contributed by atoms with Gasteiger partial charge in [0.1, 0.15) is 0 Å². The first kappa shape index (κ1) is 15.3. The van der Waals surface area contributed by atoms with Gasteiger partial charge in [-0.3, -0.25) is 0 Å². The summed E-state index contributed by atoms with van der Waals surface area (Å²) in [5, 5.41) is 3.22. The monoisotopic (exact) mass is 249 g/mol. The van der Waals surface area contributed by atoms with E-state index in [1.807, 2.05) is 6.92 Å². The highest BCUT2D eigenvalue weighted by Gasteiger charge is 2.28. The van der Waals surface area contributed by atoms with Crippen LogP contribution in [-0.2, 0) is 4.74 Å². The van der Waals surface area contributed by atoms with Gasteiger partial charge < -0.3 is 10.1 Å². The fourth-order valence-corrected chi connectivity index (χ4v) is 2.57. The molecule has 0 aromatic heterocycles. The Hall–Kier alpha value is -0.780. The molecule has 102 valence electrons. The van der Waals surface area contributed by atoms with Crippen LogP contribution >= 0.6 is 0 Å². The van der Waals surface area contributed by atoms with Crippen molar-refractivity contribution in [3.63, 3.8) is 0 Å². The van der Waals surface area contributed by atoms with Crippen LogP contribution in [0.4, 0.5) is 0 Å². The molecule has 0 aromatic carbocycles. The Kier molecular flexibility index (Phi) is 5.91. The second-order valence-corrected chi connectivity index (χ2v) is 5.89. The van der Waals surface area contributed by atoms with Gasteiger partial charge in [0.15, 0.2) is 0 Å². The Morgan fingerprint density at radius 2 is 2.22 bits per heavy atom. The maximum atomic E-state index is 5.79. The lowest BCUT2D eigenvalue weighted by Gasteiger charge is -2.34. The van der Waals surface area contributed by atoms with Crippen LogP contribution in [0.2, 0.25) is 0 Å². The van der Waals surface area contributed by atoms with Crippen molar-refractivity contribution in [1.29, 1.82) is 0 Å². The van der Waals surface area contributed by atoms with Crippen LogP contribution in [0, 0.1) is 17.8 Å². The molecule has 2 heteroatoms. The van der Waals surface area contributed by atoms with E-state index < -0.39 is 0 Å². The van der Waals surface area contributed by atoms with E-state index in [4.69, 9.17) is 11.2 Å². The van der Waals surface area contributed by atoms with E-state index in [1.165, 1.54) is 30.4 Å². The molecule has 18 heavy (non-hydrogen) atoms. The van der Waals surface area contributed by atoms with Crippen LogP contribution in [-0.4, -0.2) is 25.8 Å². The number of ether oxygens (including phenoxy) is 1. The first-order valence-electron chi connectivity index (χ1n) is 6.93. The highest BCUT2D eigenvalue weighted by molar-refractivity contribution is 5.22. The number of rotatable bonds is 6. The zero-order valence-electron chi connectivity index (χ0n) is 12.3. The molecule has 0 aromatic rings. The molecule has 1 unspecified atom stereocenters. The number of nitrogens with one attached hydrogen (secondary N) is 1. The van der Waals surface area contributed by atoms with Crippen molar-refractivity contribution in [3.8, 4) is 12.3 Å². The Balaban J connectivity index is 2.32. The van der Waals surface area contributed by atoms with Gasteiger partial charge in [-0.25, -0.2) is 0 Å². The standard InChI is InChI=1S/C16H27NO/c1-6-14(3)17-10-11-18-12-15-13(2)8-7-9-16(15,4)5/h1,14,17H,7-12H2,2-5H3. The Morgan fingerprint density at radius 3 is 2.83 bits per heavy atom. The van der Waals surface area contributed by atoms with Crippen molar-refractivity contribution in [2.75, 3.05) is 19.8 Å². The third-order valence-corrected chi connectivity index (χ3v) is 3.88. The minimum Gasteiger partial charge on any atom is -0.376 e. The van der Waals surface area contributed by atoms with Gasteiger partial charge in [-0.1, -0.05) is 25.3 Å². The normalized spacial score (nSPS) is 20.6. The van der Waals surface area contributed by atoms with Gasteiger partial charge in [0.2, 0.25) is 0 Å². The molecule has 0 spiro atoms. The lowest BCUT2D eigenvalue weighted by Crippen LogP contribution is -2.29. The van der Waals surface area contributed by atoms with Crippen LogP contribution in [0.25, 0.3) is 0 Å². The molecular weight excluding hydrogens is 222 g/mol. The largest absolute Gasteiger partial charge is 0.376 e. The zero-order chi connectivity index (χ0) is 13.6. The quantitative estimate of drug-likeness (QED) is 0.443. The maximum Gasteiger partial charge on any atom is 0.0685 e. The highest BCUT2D eigenvalue weighted by Crippen LogP contribution is 2.39. The van der Waals surface area contributed by atoms with Crippen molar-refractivity contribution >= 4 is 0 Å². The predicted octanol–water partition coefficient (Wildman–Crippen LogP) is 3.14. The van der Waals surface area contributed by atoms with E-state index >= 15 is 0 Å². The second kappa shape index (κ2) is 6.97. The lowest BCUT2D eigenvalue weighted by molar-refractivity contribution is 0.137. The summed E-state index contributed by atoms with van der Waals surface area (Å²) in [4.78, 5) is 0. The molecule has 1 aliphatic rings. The van der Waals surface area contributed by atoms with Crippen LogP contribution < -0.4 is 5.32 Å². The van der Waals surface area contributed by atoms with Crippen molar-refractivity contribution < 1.29 is 4.74 Å². The minimum atomic E-state index is 0.126. The third-order valence-electron chi connectivity index (χ3n) is 3.88. The van der Waals surface area contributed by atoms with Crippen LogP contribution in [0.15, 0.2) is 11.1 Å². The summed E-state index contributed by atoms with van der Waals surface area (Å²) in [6.45, 7) is 11.2. The summed E-state index contributed by atoms with van der Waals surface area (Å²) in [7, 11) is 0. The van der Waals surface area contributed by atoms with E-state index in [0.717, 1.165) is 19.8 Å². The van der Waals surface area contributed by atoms with Gasteiger partial charge >= 0.3 is 0 Å². The molecule has 0 fully saturated rings. The molecule has 0 saturated carbocycles. The summed E-state index contributed by atoms with van der Waals surface area (Å²) in [5.41, 5.74) is 3.33. The molecule has 1 rings (SSSR count). The van der Waals surface area contributed by atoms with Crippen LogP contribution in [0.5, 0.6) is 0 Å².